The van der Waals surface area contributed by atoms with Gasteiger partial charge in [0.1, 0.15) is 13.2 Å². The first-order valence-corrected chi connectivity index (χ1v) is 31.4. The van der Waals surface area contributed by atoms with Crippen molar-refractivity contribution in [3.05, 3.63) is 109 Å². The second-order valence-corrected chi connectivity index (χ2v) is 20.6. The van der Waals surface area contributed by atoms with Gasteiger partial charge in [-0.3, -0.25) is 14.4 Å². The SMILES string of the molecule is CC/C=C\C/C=C\C/C=C\C/C=C\C/C=C\C/C=C\C/C=C\C/C=C\C/C=C\CCCCCCCCCC(=O)OCC(COC(=O)CCCCCCCCC)OC(=O)CCCCCCCCCCCCCCCCC. The summed E-state index contributed by atoms with van der Waals surface area (Å²) in [4.78, 5) is 38.0. The number of esters is 3. The summed E-state index contributed by atoms with van der Waals surface area (Å²) in [6.45, 7) is 6.49. The van der Waals surface area contributed by atoms with Crippen molar-refractivity contribution in [3.63, 3.8) is 0 Å². The Hall–Kier alpha value is -3.93. The predicted octanol–water partition coefficient (Wildman–Crippen LogP) is 21.4. The molecule has 428 valence electrons. The van der Waals surface area contributed by atoms with Crippen LogP contribution in [0.1, 0.15) is 290 Å². The van der Waals surface area contributed by atoms with Crippen molar-refractivity contribution in [1.29, 1.82) is 0 Å². The molecule has 0 radical (unpaired) electrons. The van der Waals surface area contributed by atoms with Crippen LogP contribution in [0.2, 0.25) is 0 Å². The lowest BCUT2D eigenvalue weighted by molar-refractivity contribution is -0.167. The molecular weight excluding hydrogens is 925 g/mol. The fourth-order valence-corrected chi connectivity index (χ4v) is 8.61. The second kappa shape index (κ2) is 62.6. The van der Waals surface area contributed by atoms with E-state index in [0.29, 0.717) is 19.3 Å². The Bertz CT molecular complexity index is 1520. The van der Waals surface area contributed by atoms with Gasteiger partial charge in [0.15, 0.2) is 6.10 Å². The summed E-state index contributed by atoms with van der Waals surface area (Å²) in [7, 11) is 0. The molecule has 0 aromatic rings. The van der Waals surface area contributed by atoms with E-state index in [9.17, 15) is 14.4 Å². The van der Waals surface area contributed by atoms with Gasteiger partial charge in [0.05, 0.1) is 0 Å². The highest BCUT2D eigenvalue weighted by Gasteiger charge is 2.19. The molecule has 0 fully saturated rings. The molecule has 0 N–H and O–H groups in total. The third-order valence-corrected chi connectivity index (χ3v) is 13.3. The summed E-state index contributed by atoms with van der Waals surface area (Å²) in [5, 5.41) is 0. The summed E-state index contributed by atoms with van der Waals surface area (Å²) in [5.74, 6) is -0.890. The van der Waals surface area contributed by atoms with Gasteiger partial charge >= 0.3 is 17.9 Å². The van der Waals surface area contributed by atoms with Crippen LogP contribution in [0.5, 0.6) is 0 Å². The number of unbranched alkanes of at least 4 members (excludes halogenated alkanes) is 27. The van der Waals surface area contributed by atoms with E-state index in [0.717, 1.165) is 122 Å². The van der Waals surface area contributed by atoms with Crippen LogP contribution in [-0.4, -0.2) is 37.2 Å². The van der Waals surface area contributed by atoms with Crippen LogP contribution < -0.4 is 0 Å². The quantitative estimate of drug-likeness (QED) is 0.0261. The lowest BCUT2D eigenvalue weighted by Crippen LogP contribution is -2.30. The van der Waals surface area contributed by atoms with Crippen LogP contribution in [0.25, 0.3) is 0 Å². The predicted molar refractivity (Wildman–Crippen MR) is 325 cm³/mol. The monoisotopic (exact) mass is 1040 g/mol. The van der Waals surface area contributed by atoms with Crippen molar-refractivity contribution in [2.75, 3.05) is 13.2 Å². The van der Waals surface area contributed by atoms with Crippen LogP contribution >= 0.6 is 0 Å². The molecule has 0 bridgehead atoms. The number of allylic oxidation sites excluding steroid dienone is 18. The standard InChI is InChI=1S/C69H116O6/c1-4-7-10-13-16-18-20-22-24-25-26-27-28-29-30-31-32-33-34-35-36-37-38-39-40-41-42-43-45-46-48-50-53-56-59-62-68(71)74-65-66(64-73-67(70)61-58-55-52-15-12-9-6-3)75-69(72)63-60-57-54-51-49-47-44-23-21-19-17-14-11-8-5-2/h7,10,16,18,22,24,26-27,29-30,32-33,35-36,38-39,41-42,66H,4-6,8-9,11-15,17,19-21,23,25,28,31,34,37,40,43-65H2,1-3H3/b10-7-,18-16-,24-22-,27-26-,30-29-,33-32-,36-35-,39-38-,42-41-. The first-order chi connectivity index (χ1) is 37.0. The lowest BCUT2D eigenvalue weighted by Gasteiger charge is -2.18. The fraction of sp³-hybridized carbons (Fsp3) is 0.696. The molecular formula is C69H116O6. The molecule has 0 aliphatic heterocycles. The summed E-state index contributed by atoms with van der Waals surface area (Å²) < 4.78 is 16.8. The van der Waals surface area contributed by atoms with Gasteiger partial charge in [-0.15, -0.1) is 0 Å². The second-order valence-electron chi connectivity index (χ2n) is 20.6. The van der Waals surface area contributed by atoms with Crippen molar-refractivity contribution >= 4 is 17.9 Å². The van der Waals surface area contributed by atoms with E-state index in [2.05, 4.69) is 130 Å². The lowest BCUT2D eigenvalue weighted by atomic mass is 10.0. The molecule has 0 aliphatic carbocycles. The zero-order valence-electron chi connectivity index (χ0n) is 49.0. The number of rotatable bonds is 56. The minimum absolute atomic E-state index is 0.0782. The molecule has 0 heterocycles. The molecule has 0 aromatic carbocycles. The Balaban J connectivity index is 4.12. The number of carbonyl (C=O) groups is 3. The molecule has 75 heavy (non-hydrogen) atoms. The van der Waals surface area contributed by atoms with Gasteiger partial charge < -0.3 is 14.2 Å². The van der Waals surface area contributed by atoms with E-state index < -0.39 is 6.10 Å². The summed E-state index contributed by atoms with van der Waals surface area (Å²) in [6.07, 6.45) is 85.5. The molecule has 0 aliphatic rings. The average molecular weight is 1040 g/mol. The largest absolute Gasteiger partial charge is 0.462 e. The maximum atomic E-state index is 12.8. The molecule has 0 rings (SSSR count). The van der Waals surface area contributed by atoms with Gasteiger partial charge in [-0.25, -0.2) is 0 Å². The molecule has 0 spiro atoms. The smallest absolute Gasteiger partial charge is 0.306 e. The fourth-order valence-electron chi connectivity index (χ4n) is 8.61. The summed E-state index contributed by atoms with van der Waals surface area (Å²) in [6, 6.07) is 0. The maximum Gasteiger partial charge on any atom is 0.306 e. The molecule has 1 atom stereocenters. The molecule has 6 nitrogen and oxygen atoms in total. The van der Waals surface area contributed by atoms with E-state index >= 15 is 0 Å². The van der Waals surface area contributed by atoms with E-state index in [1.54, 1.807) is 0 Å². The number of hydrogen-bond donors (Lipinski definition) is 0. The number of ether oxygens (including phenoxy) is 3. The van der Waals surface area contributed by atoms with Crippen LogP contribution in [0.3, 0.4) is 0 Å². The topological polar surface area (TPSA) is 78.9 Å². The molecule has 6 heteroatoms. The molecule has 1 unspecified atom stereocenters. The summed E-state index contributed by atoms with van der Waals surface area (Å²) >= 11 is 0. The molecule has 0 amide bonds. The van der Waals surface area contributed by atoms with Crippen molar-refractivity contribution in [2.45, 2.75) is 297 Å². The first-order valence-electron chi connectivity index (χ1n) is 31.4. The zero-order chi connectivity index (χ0) is 54.3. The van der Waals surface area contributed by atoms with Gasteiger partial charge in [0, 0.05) is 19.3 Å². The Morgan fingerprint density at radius 1 is 0.280 bits per heavy atom. The number of carbonyl (C=O) groups excluding carboxylic acids is 3. The first kappa shape index (κ1) is 71.1. The van der Waals surface area contributed by atoms with Crippen molar-refractivity contribution in [3.8, 4) is 0 Å². The highest BCUT2D eigenvalue weighted by Crippen LogP contribution is 2.16. The minimum Gasteiger partial charge on any atom is -0.462 e. The van der Waals surface area contributed by atoms with Crippen LogP contribution in [0.15, 0.2) is 109 Å². The van der Waals surface area contributed by atoms with Crippen molar-refractivity contribution in [2.24, 2.45) is 0 Å². The van der Waals surface area contributed by atoms with Gasteiger partial charge in [-0.2, -0.15) is 0 Å². The van der Waals surface area contributed by atoms with Crippen molar-refractivity contribution < 1.29 is 28.6 Å². The third-order valence-electron chi connectivity index (χ3n) is 13.3. The van der Waals surface area contributed by atoms with Gasteiger partial charge in [0.2, 0.25) is 0 Å². The van der Waals surface area contributed by atoms with Gasteiger partial charge in [0.25, 0.3) is 0 Å². The van der Waals surface area contributed by atoms with Gasteiger partial charge in [-0.05, 0) is 89.9 Å². The Labute approximate surface area is 463 Å². The van der Waals surface area contributed by atoms with Crippen LogP contribution in [0.4, 0.5) is 0 Å². The average Bonchev–Trinajstić information content (AvgIpc) is 3.41. The number of hydrogen-bond acceptors (Lipinski definition) is 6. The third kappa shape index (κ3) is 60.8. The molecule has 0 saturated carbocycles. The van der Waals surface area contributed by atoms with Crippen LogP contribution in [0, 0.1) is 0 Å². The van der Waals surface area contributed by atoms with Crippen LogP contribution in [-0.2, 0) is 28.6 Å². The molecule has 0 saturated heterocycles. The Kier molecular flexibility index (Phi) is 59.3. The van der Waals surface area contributed by atoms with E-state index in [-0.39, 0.29) is 31.1 Å². The van der Waals surface area contributed by atoms with E-state index in [4.69, 9.17) is 14.2 Å². The highest BCUT2D eigenvalue weighted by atomic mass is 16.6. The van der Waals surface area contributed by atoms with Crippen molar-refractivity contribution in [1.82, 2.24) is 0 Å². The normalized spacial score (nSPS) is 12.8. The van der Waals surface area contributed by atoms with E-state index in [1.807, 2.05) is 0 Å². The highest BCUT2D eigenvalue weighted by molar-refractivity contribution is 5.71. The molecule has 0 aromatic heterocycles. The maximum absolute atomic E-state index is 12.8. The minimum atomic E-state index is -0.778. The van der Waals surface area contributed by atoms with E-state index in [1.165, 1.54) is 128 Å². The Morgan fingerprint density at radius 2 is 0.520 bits per heavy atom. The zero-order valence-corrected chi connectivity index (χ0v) is 49.0. The summed E-state index contributed by atoms with van der Waals surface area (Å²) in [5.41, 5.74) is 0. The Morgan fingerprint density at radius 3 is 0.813 bits per heavy atom. The van der Waals surface area contributed by atoms with Gasteiger partial charge in [-0.1, -0.05) is 291 Å².